The molecule has 0 aliphatic carbocycles. The summed E-state index contributed by atoms with van der Waals surface area (Å²) in [7, 11) is 0. The Balaban J connectivity index is 1.80. The lowest BCUT2D eigenvalue weighted by atomic mass is 9.84. The molecule has 0 radical (unpaired) electrons. The van der Waals surface area contributed by atoms with Crippen LogP contribution in [0.25, 0.3) is 0 Å². The maximum absolute atomic E-state index is 11.1. The summed E-state index contributed by atoms with van der Waals surface area (Å²) in [4.78, 5) is 13.1. The highest BCUT2D eigenvalue weighted by atomic mass is 16.2. The molecule has 2 rings (SSSR count). The lowest BCUT2D eigenvalue weighted by Gasteiger charge is -2.34. The van der Waals surface area contributed by atoms with Crippen molar-refractivity contribution < 1.29 is 4.79 Å². The summed E-state index contributed by atoms with van der Waals surface area (Å²) < 4.78 is 0. The molecule has 1 atom stereocenters. The smallest absolute Gasteiger partial charge is 0.219 e. The molecule has 0 saturated carbocycles. The standard InChI is InChI=1S/C11H20N2O/c1-9(14)13-6-3-10(4-7-13)11-2-5-12-8-11/h10-12H,2-8H2,1H3. The zero-order valence-electron chi connectivity index (χ0n) is 8.96. The quantitative estimate of drug-likeness (QED) is 0.674. The van der Waals surface area contributed by atoms with Crippen LogP contribution in [-0.2, 0) is 4.79 Å². The Hall–Kier alpha value is -0.570. The SMILES string of the molecule is CC(=O)N1CCC(C2CCNC2)CC1. The monoisotopic (exact) mass is 196 g/mol. The van der Waals surface area contributed by atoms with Crippen molar-refractivity contribution >= 4 is 5.91 Å². The number of nitrogens with zero attached hydrogens (tertiary/aromatic N) is 1. The number of hydrogen-bond acceptors (Lipinski definition) is 2. The van der Waals surface area contributed by atoms with Crippen molar-refractivity contribution in [3.05, 3.63) is 0 Å². The Morgan fingerprint density at radius 1 is 1.21 bits per heavy atom. The van der Waals surface area contributed by atoms with E-state index in [9.17, 15) is 4.79 Å². The summed E-state index contributed by atoms with van der Waals surface area (Å²) in [6.07, 6.45) is 3.77. The van der Waals surface area contributed by atoms with E-state index < -0.39 is 0 Å². The van der Waals surface area contributed by atoms with Gasteiger partial charge in [0.2, 0.25) is 5.91 Å². The highest BCUT2D eigenvalue weighted by molar-refractivity contribution is 5.73. The second-order valence-corrected chi connectivity index (χ2v) is 4.60. The van der Waals surface area contributed by atoms with Gasteiger partial charge < -0.3 is 10.2 Å². The highest BCUT2D eigenvalue weighted by Crippen LogP contribution is 2.28. The summed E-state index contributed by atoms with van der Waals surface area (Å²) in [5.41, 5.74) is 0. The van der Waals surface area contributed by atoms with E-state index in [0.717, 1.165) is 24.9 Å². The Labute approximate surface area is 85.8 Å². The van der Waals surface area contributed by atoms with Gasteiger partial charge in [-0.25, -0.2) is 0 Å². The Morgan fingerprint density at radius 2 is 1.93 bits per heavy atom. The molecule has 0 aromatic carbocycles. The van der Waals surface area contributed by atoms with Crippen molar-refractivity contribution in [3.63, 3.8) is 0 Å². The highest BCUT2D eigenvalue weighted by Gasteiger charge is 2.28. The lowest BCUT2D eigenvalue weighted by Crippen LogP contribution is -2.39. The van der Waals surface area contributed by atoms with Crippen molar-refractivity contribution in [1.29, 1.82) is 0 Å². The van der Waals surface area contributed by atoms with Gasteiger partial charge in [0.15, 0.2) is 0 Å². The fraction of sp³-hybridized carbons (Fsp3) is 0.909. The average Bonchev–Trinajstić information content (AvgIpc) is 2.71. The second-order valence-electron chi connectivity index (χ2n) is 4.60. The van der Waals surface area contributed by atoms with Crippen molar-refractivity contribution in [2.75, 3.05) is 26.2 Å². The third kappa shape index (κ3) is 2.08. The predicted octanol–water partition coefficient (Wildman–Crippen LogP) is 0.854. The molecule has 14 heavy (non-hydrogen) atoms. The first-order valence-corrected chi connectivity index (χ1v) is 5.73. The molecular weight excluding hydrogens is 176 g/mol. The van der Waals surface area contributed by atoms with E-state index >= 15 is 0 Å². The normalized spacial score (nSPS) is 29.5. The van der Waals surface area contributed by atoms with Crippen LogP contribution < -0.4 is 5.32 Å². The summed E-state index contributed by atoms with van der Waals surface area (Å²) in [6.45, 7) is 6.03. The number of likely N-dealkylation sites (tertiary alicyclic amines) is 1. The van der Waals surface area contributed by atoms with Gasteiger partial charge in [-0.15, -0.1) is 0 Å². The number of carbonyl (C=O) groups excluding carboxylic acids is 1. The maximum Gasteiger partial charge on any atom is 0.219 e. The van der Waals surface area contributed by atoms with E-state index in [0.29, 0.717) is 0 Å². The van der Waals surface area contributed by atoms with E-state index in [1.807, 2.05) is 4.90 Å². The van der Waals surface area contributed by atoms with Crippen molar-refractivity contribution in [3.8, 4) is 0 Å². The number of amides is 1. The first-order chi connectivity index (χ1) is 6.77. The first kappa shape index (κ1) is 9.97. The van der Waals surface area contributed by atoms with Crippen LogP contribution in [0.2, 0.25) is 0 Å². The third-order valence-corrected chi connectivity index (χ3v) is 3.75. The summed E-state index contributed by atoms with van der Waals surface area (Å²) >= 11 is 0. The van der Waals surface area contributed by atoms with Gasteiger partial charge in [-0.1, -0.05) is 0 Å². The molecule has 2 aliphatic heterocycles. The van der Waals surface area contributed by atoms with E-state index in [2.05, 4.69) is 5.32 Å². The number of nitrogens with one attached hydrogen (secondary N) is 1. The van der Waals surface area contributed by atoms with Crippen LogP contribution in [0.5, 0.6) is 0 Å². The topological polar surface area (TPSA) is 32.3 Å². The van der Waals surface area contributed by atoms with E-state index in [1.54, 1.807) is 6.92 Å². The molecule has 1 amide bonds. The van der Waals surface area contributed by atoms with Gasteiger partial charge in [0, 0.05) is 20.0 Å². The van der Waals surface area contributed by atoms with Crippen molar-refractivity contribution in [1.82, 2.24) is 10.2 Å². The lowest BCUT2D eigenvalue weighted by molar-refractivity contribution is -0.130. The van der Waals surface area contributed by atoms with Gasteiger partial charge in [0.05, 0.1) is 0 Å². The molecule has 1 N–H and O–H groups in total. The fourth-order valence-electron chi connectivity index (χ4n) is 2.77. The molecule has 0 aromatic rings. The molecule has 3 heteroatoms. The van der Waals surface area contributed by atoms with Crippen LogP contribution >= 0.6 is 0 Å². The molecule has 0 aromatic heterocycles. The molecule has 1 unspecified atom stereocenters. The molecular formula is C11H20N2O. The second kappa shape index (κ2) is 4.30. The minimum Gasteiger partial charge on any atom is -0.343 e. The van der Waals surface area contributed by atoms with E-state index in [1.165, 1.54) is 32.4 Å². The molecule has 2 heterocycles. The third-order valence-electron chi connectivity index (χ3n) is 3.75. The zero-order valence-corrected chi connectivity index (χ0v) is 8.96. The zero-order chi connectivity index (χ0) is 9.97. The van der Waals surface area contributed by atoms with Gasteiger partial charge >= 0.3 is 0 Å². The Bertz CT molecular complexity index is 203. The summed E-state index contributed by atoms with van der Waals surface area (Å²) in [5, 5.41) is 3.42. The van der Waals surface area contributed by atoms with Crippen molar-refractivity contribution in [2.24, 2.45) is 11.8 Å². The van der Waals surface area contributed by atoms with Crippen LogP contribution in [0, 0.1) is 11.8 Å². The van der Waals surface area contributed by atoms with Crippen LogP contribution in [-0.4, -0.2) is 37.0 Å². The van der Waals surface area contributed by atoms with E-state index in [4.69, 9.17) is 0 Å². The van der Waals surface area contributed by atoms with Gasteiger partial charge in [0.25, 0.3) is 0 Å². The van der Waals surface area contributed by atoms with Crippen LogP contribution in [0.15, 0.2) is 0 Å². The number of piperidine rings is 1. The molecule has 2 saturated heterocycles. The largest absolute Gasteiger partial charge is 0.343 e. The Morgan fingerprint density at radius 3 is 2.43 bits per heavy atom. The molecule has 3 nitrogen and oxygen atoms in total. The van der Waals surface area contributed by atoms with Crippen molar-refractivity contribution in [2.45, 2.75) is 26.2 Å². The van der Waals surface area contributed by atoms with E-state index in [-0.39, 0.29) is 5.91 Å². The van der Waals surface area contributed by atoms with Gasteiger partial charge in [-0.3, -0.25) is 4.79 Å². The van der Waals surface area contributed by atoms with Gasteiger partial charge in [0.1, 0.15) is 0 Å². The maximum atomic E-state index is 11.1. The Kier molecular flexibility index (Phi) is 3.06. The number of hydrogen-bond donors (Lipinski definition) is 1. The minimum absolute atomic E-state index is 0.244. The predicted molar refractivity (Wildman–Crippen MR) is 56.0 cm³/mol. The molecule has 0 spiro atoms. The summed E-state index contributed by atoms with van der Waals surface area (Å²) in [5.74, 6) is 1.98. The average molecular weight is 196 g/mol. The molecule has 2 aliphatic rings. The number of carbonyl (C=O) groups is 1. The van der Waals surface area contributed by atoms with Crippen LogP contribution in [0.1, 0.15) is 26.2 Å². The van der Waals surface area contributed by atoms with Gasteiger partial charge in [-0.2, -0.15) is 0 Å². The fourth-order valence-corrected chi connectivity index (χ4v) is 2.77. The van der Waals surface area contributed by atoms with Gasteiger partial charge in [-0.05, 0) is 44.2 Å². The molecule has 0 bridgehead atoms. The molecule has 80 valence electrons. The van der Waals surface area contributed by atoms with Crippen LogP contribution in [0.4, 0.5) is 0 Å². The van der Waals surface area contributed by atoms with Crippen LogP contribution in [0.3, 0.4) is 0 Å². The first-order valence-electron chi connectivity index (χ1n) is 5.73. The number of rotatable bonds is 1. The minimum atomic E-state index is 0.244. The molecule has 2 fully saturated rings. The summed E-state index contributed by atoms with van der Waals surface area (Å²) in [6, 6.07) is 0.